The van der Waals surface area contributed by atoms with Gasteiger partial charge in [-0.1, -0.05) is 23.8 Å². The second-order valence-corrected chi connectivity index (χ2v) is 6.00. The third-order valence-electron chi connectivity index (χ3n) is 4.14. The summed E-state index contributed by atoms with van der Waals surface area (Å²) in [5.41, 5.74) is 4.12. The average molecular weight is 276 g/mol. The molecule has 0 amide bonds. The van der Waals surface area contributed by atoms with Gasteiger partial charge in [-0.3, -0.25) is 4.90 Å². The summed E-state index contributed by atoms with van der Waals surface area (Å²) >= 11 is 0. The van der Waals surface area contributed by atoms with Gasteiger partial charge in [0.2, 0.25) is 0 Å². The van der Waals surface area contributed by atoms with Gasteiger partial charge in [0, 0.05) is 32.3 Å². The van der Waals surface area contributed by atoms with Crippen LogP contribution >= 0.6 is 0 Å². The molecule has 1 aliphatic rings. The molecule has 20 heavy (non-hydrogen) atoms. The van der Waals surface area contributed by atoms with Gasteiger partial charge < -0.3 is 10.1 Å². The van der Waals surface area contributed by atoms with Gasteiger partial charge in [0.05, 0.1) is 6.10 Å². The Hall–Kier alpha value is -0.900. The lowest BCUT2D eigenvalue weighted by Crippen LogP contribution is -2.37. The standard InChI is InChI=1S/C17H28N2O/c1-13-6-7-14(2)16(10-13)17(18-4)12-19-8-5-9-20-15(3)11-19/h6-7,10,15,17-18H,5,8-9,11-12H2,1-4H3. The minimum atomic E-state index is 0.341. The van der Waals surface area contributed by atoms with E-state index in [1.807, 2.05) is 0 Å². The number of nitrogens with one attached hydrogen (secondary N) is 1. The maximum absolute atomic E-state index is 5.73. The van der Waals surface area contributed by atoms with E-state index < -0.39 is 0 Å². The Bertz CT molecular complexity index is 433. The van der Waals surface area contributed by atoms with E-state index in [0.717, 1.165) is 32.7 Å². The van der Waals surface area contributed by atoms with Gasteiger partial charge in [-0.05, 0) is 45.4 Å². The Labute approximate surface area is 123 Å². The highest BCUT2D eigenvalue weighted by Gasteiger charge is 2.20. The molecule has 1 N–H and O–H groups in total. The largest absolute Gasteiger partial charge is 0.377 e. The van der Waals surface area contributed by atoms with Crippen LogP contribution in [0.5, 0.6) is 0 Å². The van der Waals surface area contributed by atoms with E-state index in [0.29, 0.717) is 12.1 Å². The van der Waals surface area contributed by atoms with Crippen molar-refractivity contribution in [2.45, 2.75) is 39.3 Å². The van der Waals surface area contributed by atoms with Crippen molar-refractivity contribution in [2.24, 2.45) is 0 Å². The molecule has 0 aromatic heterocycles. The lowest BCUT2D eigenvalue weighted by molar-refractivity contribution is 0.0665. The summed E-state index contributed by atoms with van der Waals surface area (Å²) in [6.07, 6.45) is 1.47. The van der Waals surface area contributed by atoms with Crippen LogP contribution < -0.4 is 5.32 Å². The Morgan fingerprint density at radius 3 is 2.95 bits per heavy atom. The first-order valence-electron chi connectivity index (χ1n) is 7.68. The molecular weight excluding hydrogens is 248 g/mol. The van der Waals surface area contributed by atoms with E-state index in [-0.39, 0.29) is 0 Å². The van der Waals surface area contributed by atoms with Crippen LogP contribution in [-0.2, 0) is 4.74 Å². The Kier molecular flexibility index (Phi) is 5.58. The average Bonchev–Trinajstić information content (AvgIpc) is 2.63. The number of rotatable bonds is 4. The third kappa shape index (κ3) is 4.05. The number of benzene rings is 1. The lowest BCUT2D eigenvalue weighted by Gasteiger charge is -2.28. The number of nitrogens with zero attached hydrogens (tertiary/aromatic N) is 1. The highest BCUT2D eigenvalue weighted by atomic mass is 16.5. The zero-order chi connectivity index (χ0) is 14.5. The van der Waals surface area contributed by atoms with Crippen LogP contribution in [0.3, 0.4) is 0 Å². The summed E-state index contributed by atoms with van der Waals surface area (Å²) in [6.45, 7) is 10.6. The Morgan fingerprint density at radius 1 is 1.40 bits per heavy atom. The highest BCUT2D eigenvalue weighted by Crippen LogP contribution is 2.21. The van der Waals surface area contributed by atoms with Crippen LogP contribution in [0.25, 0.3) is 0 Å². The van der Waals surface area contributed by atoms with E-state index in [4.69, 9.17) is 4.74 Å². The number of likely N-dealkylation sites (N-methyl/N-ethyl adjacent to an activating group) is 1. The fourth-order valence-electron chi connectivity index (χ4n) is 2.98. The van der Waals surface area contributed by atoms with Crippen LogP contribution in [-0.4, -0.2) is 44.3 Å². The minimum Gasteiger partial charge on any atom is -0.377 e. The molecule has 0 aliphatic carbocycles. The monoisotopic (exact) mass is 276 g/mol. The molecule has 3 nitrogen and oxygen atoms in total. The predicted molar refractivity (Wildman–Crippen MR) is 84.2 cm³/mol. The normalized spacial score (nSPS) is 22.5. The summed E-state index contributed by atoms with van der Waals surface area (Å²) in [5, 5.41) is 3.49. The SMILES string of the molecule is CNC(CN1CCCOC(C)C1)c1cc(C)ccc1C. The van der Waals surface area contributed by atoms with Crippen LogP contribution in [0.15, 0.2) is 18.2 Å². The molecule has 0 saturated carbocycles. The van der Waals surface area contributed by atoms with E-state index >= 15 is 0 Å². The molecule has 3 heteroatoms. The number of hydrogen-bond donors (Lipinski definition) is 1. The fourth-order valence-corrected chi connectivity index (χ4v) is 2.98. The van der Waals surface area contributed by atoms with E-state index in [1.54, 1.807) is 0 Å². The van der Waals surface area contributed by atoms with Crippen molar-refractivity contribution in [1.82, 2.24) is 10.2 Å². The molecule has 1 saturated heterocycles. The van der Waals surface area contributed by atoms with Crippen molar-refractivity contribution in [3.8, 4) is 0 Å². The van der Waals surface area contributed by atoms with Crippen molar-refractivity contribution >= 4 is 0 Å². The molecule has 2 unspecified atom stereocenters. The van der Waals surface area contributed by atoms with Crippen molar-refractivity contribution in [1.29, 1.82) is 0 Å². The Balaban J connectivity index is 2.09. The van der Waals surface area contributed by atoms with E-state index in [2.05, 4.69) is 56.2 Å². The quantitative estimate of drug-likeness (QED) is 0.915. The van der Waals surface area contributed by atoms with Crippen LogP contribution in [0.4, 0.5) is 0 Å². The zero-order valence-electron chi connectivity index (χ0n) is 13.3. The van der Waals surface area contributed by atoms with Gasteiger partial charge in [-0.15, -0.1) is 0 Å². The van der Waals surface area contributed by atoms with Gasteiger partial charge in [-0.2, -0.15) is 0 Å². The first-order valence-corrected chi connectivity index (χ1v) is 7.68. The second kappa shape index (κ2) is 7.21. The second-order valence-electron chi connectivity index (χ2n) is 6.00. The predicted octanol–water partition coefficient (Wildman–Crippen LogP) is 2.67. The molecule has 1 aromatic rings. The fraction of sp³-hybridized carbons (Fsp3) is 0.647. The summed E-state index contributed by atoms with van der Waals surface area (Å²) in [6, 6.07) is 7.12. The van der Waals surface area contributed by atoms with Gasteiger partial charge in [0.25, 0.3) is 0 Å². The van der Waals surface area contributed by atoms with Crippen LogP contribution in [0.1, 0.15) is 36.1 Å². The summed E-state index contributed by atoms with van der Waals surface area (Å²) in [4.78, 5) is 2.53. The van der Waals surface area contributed by atoms with E-state index in [9.17, 15) is 0 Å². The molecule has 2 rings (SSSR count). The zero-order valence-corrected chi connectivity index (χ0v) is 13.3. The minimum absolute atomic E-state index is 0.341. The van der Waals surface area contributed by atoms with Gasteiger partial charge in [0.1, 0.15) is 0 Å². The summed E-state index contributed by atoms with van der Waals surface area (Å²) in [7, 11) is 2.06. The topological polar surface area (TPSA) is 24.5 Å². The van der Waals surface area contributed by atoms with Crippen molar-refractivity contribution in [2.75, 3.05) is 33.3 Å². The molecule has 1 aromatic carbocycles. The molecule has 1 fully saturated rings. The van der Waals surface area contributed by atoms with E-state index in [1.165, 1.54) is 16.7 Å². The number of hydrogen-bond acceptors (Lipinski definition) is 3. The van der Waals surface area contributed by atoms with Gasteiger partial charge in [-0.25, -0.2) is 0 Å². The number of aryl methyl sites for hydroxylation is 2. The third-order valence-corrected chi connectivity index (χ3v) is 4.14. The lowest BCUT2D eigenvalue weighted by atomic mass is 9.98. The molecule has 2 atom stereocenters. The highest BCUT2D eigenvalue weighted by molar-refractivity contribution is 5.33. The first kappa shape index (κ1) is 15.5. The molecule has 1 heterocycles. The van der Waals surface area contributed by atoms with Crippen LogP contribution in [0, 0.1) is 13.8 Å². The molecule has 0 radical (unpaired) electrons. The maximum Gasteiger partial charge on any atom is 0.0673 e. The maximum atomic E-state index is 5.73. The molecule has 0 bridgehead atoms. The molecule has 112 valence electrons. The number of ether oxygens (including phenoxy) is 1. The van der Waals surface area contributed by atoms with Gasteiger partial charge in [0.15, 0.2) is 0 Å². The van der Waals surface area contributed by atoms with Crippen LogP contribution in [0.2, 0.25) is 0 Å². The summed E-state index contributed by atoms with van der Waals surface area (Å²) < 4.78 is 5.73. The molecular formula is C17H28N2O. The van der Waals surface area contributed by atoms with Crippen molar-refractivity contribution in [3.05, 3.63) is 34.9 Å². The first-order chi connectivity index (χ1) is 9.60. The Morgan fingerprint density at radius 2 is 2.20 bits per heavy atom. The molecule has 0 spiro atoms. The molecule has 1 aliphatic heterocycles. The summed E-state index contributed by atoms with van der Waals surface area (Å²) in [5.74, 6) is 0. The smallest absolute Gasteiger partial charge is 0.0673 e. The van der Waals surface area contributed by atoms with Crippen molar-refractivity contribution in [3.63, 3.8) is 0 Å². The van der Waals surface area contributed by atoms with Gasteiger partial charge >= 0.3 is 0 Å². The van der Waals surface area contributed by atoms with Crippen molar-refractivity contribution < 1.29 is 4.74 Å².